The van der Waals surface area contributed by atoms with E-state index in [0.29, 0.717) is 12.3 Å². The first kappa shape index (κ1) is 13.6. The van der Waals surface area contributed by atoms with Crippen molar-refractivity contribution in [3.05, 3.63) is 41.5 Å². The van der Waals surface area contributed by atoms with E-state index in [0.717, 1.165) is 24.1 Å². The fourth-order valence-corrected chi connectivity index (χ4v) is 2.45. The van der Waals surface area contributed by atoms with Crippen LogP contribution in [0.15, 0.2) is 30.4 Å². The maximum Gasteiger partial charge on any atom is 0.325 e. The molecule has 1 heterocycles. The van der Waals surface area contributed by atoms with Gasteiger partial charge in [0.2, 0.25) is 0 Å². The topological polar surface area (TPSA) is 49.8 Å². The van der Waals surface area contributed by atoms with Crippen molar-refractivity contribution in [3.63, 3.8) is 0 Å². The van der Waals surface area contributed by atoms with E-state index in [4.69, 9.17) is 4.74 Å². The molecular weight excluding hydrogens is 242 g/mol. The van der Waals surface area contributed by atoms with Crippen molar-refractivity contribution < 1.29 is 14.6 Å². The van der Waals surface area contributed by atoms with Gasteiger partial charge in [0, 0.05) is 18.7 Å². The van der Waals surface area contributed by atoms with Gasteiger partial charge in [-0.3, -0.25) is 9.69 Å². The highest BCUT2D eigenvalue weighted by molar-refractivity contribution is 5.77. The standard InChI is InChI=1S/C15H19NO3/c1-11-6-7-13(19-2)12(10-11)14(15(17)18)16-8-4-3-5-9-16/h3-4,6-7,10,14H,5,8-9H2,1-2H3,(H,17,18)/t14-/m1/s1. The van der Waals surface area contributed by atoms with E-state index >= 15 is 0 Å². The van der Waals surface area contributed by atoms with Gasteiger partial charge in [-0.05, 0) is 19.4 Å². The van der Waals surface area contributed by atoms with Gasteiger partial charge in [-0.15, -0.1) is 0 Å². The maximum absolute atomic E-state index is 11.7. The Morgan fingerprint density at radius 2 is 2.21 bits per heavy atom. The zero-order chi connectivity index (χ0) is 13.8. The second kappa shape index (κ2) is 5.89. The molecule has 0 fully saturated rings. The molecule has 0 aliphatic carbocycles. The van der Waals surface area contributed by atoms with Gasteiger partial charge in [0.15, 0.2) is 0 Å². The highest BCUT2D eigenvalue weighted by Crippen LogP contribution is 2.31. The largest absolute Gasteiger partial charge is 0.496 e. The first-order chi connectivity index (χ1) is 9.13. The molecule has 0 unspecified atom stereocenters. The molecule has 2 rings (SSSR count). The summed E-state index contributed by atoms with van der Waals surface area (Å²) in [5, 5.41) is 9.57. The van der Waals surface area contributed by atoms with Crippen LogP contribution in [0.25, 0.3) is 0 Å². The van der Waals surface area contributed by atoms with E-state index in [2.05, 4.69) is 6.08 Å². The number of carbonyl (C=O) groups is 1. The maximum atomic E-state index is 11.7. The van der Waals surface area contributed by atoms with Crippen molar-refractivity contribution in [1.82, 2.24) is 4.90 Å². The van der Waals surface area contributed by atoms with Crippen molar-refractivity contribution in [2.45, 2.75) is 19.4 Å². The fraction of sp³-hybridized carbons (Fsp3) is 0.400. The first-order valence-corrected chi connectivity index (χ1v) is 6.40. The molecule has 0 radical (unpaired) electrons. The summed E-state index contributed by atoms with van der Waals surface area (Å²) < 4.78 is 5.31. The number of carboxylic acid groups (broad SMARTS) is 1. The number of hydrogen-bond donors (Lipinski definition) is 1. The predicted molar refractivity (Wildman–Crippen MR) is 73.4 cm³/mol. The molecule has 4 heteroatoms. The van der Waals surface area contributed by atoms with Crippen molar-refractivity contribution in [3.8, 4) is 5.75 Å². The monoisotopic (exact) mass is 261 g/mol. The molecule has 19 heavy (non-hydrogen) atoms. The van der Waals surface area contributed by atoms with Gasteiger partial charge in [-0.1, -0.05) is 29.8 Å². The number of methoxy groups -OCH3 is 1. The van der Waals surface area contributed by atoms with Crippen LogP contribution in [0.4, 0.5) is 0 Å². The molecule has 1 aromatic rings. The van der Waals surface area contributed by atoms with E-state index in [1.54, 1.807) is 7.11 Å². The molecule has 1 aliphatic heterocycles. The van der Waals surface area contributed by atoms with E-state index in [1.165, 1.54) is 0 Å². The van der Waals surface area contributed by atoms with E-state index < -0.39 is 12.0 Å². The zero-order valence-corrected chi connectivity index (χ0v) is 11.3. The van der Waals surface area contributed by atoms with Crippen molar-refractivity contribution >= 4 is 5.97 Å². The Labute approximate surface area is 113 Å². The summed E-state index contributed by atoms with van der Waals surface area (Å²) in [7, 11) is 1.57. The minimum absolute atomic E-state index is 0.632. The number of benzene rings is 1. The van der Waals surface area contributed by atoms with Crippen LogP contribution in [0.1, 0.15) is 23.6 Å². The summed E-state index contributed by atoms with van der Waals surface area (Å²) in [6.45, 7) is 3.37. The summed E-state index contributed by atoms with van der Waals surface area (Å²) in [6, 6.07) is 5.01. The third-order valence-corrected chi connectivity index (χ3v) is 3.37. The van der Waals surface area contributed by atoms with Gasteiger partial charge in [-0.2, -0.15) is 0 Å². The number of ether oxygens (including phenoxy) is 1. The van der Waals surface area contributed by atoms with Crippen LogP contribution >= 0.6 is 0 Å². The minimum Gasteiger partial charge on any atom is -0.496 e. The van der Waals surface area contributed by atoms with Crippen molar-refractivity contribution in [2.24, 2.45) is 0 Å². The Morgan fingerprint density at radius 1 is 1.42 bits per heavy atom. The van der Waals surface area contributed by atoms with Crippen molar-refractivity contribution in [2.75, 3.05) is 20.2 Å². The van der Waals surface area contributed by atoms with Crippen LogP contribution in [0.5, 0.6) is 5.75 Å². The summed E-state index contributed by atoms with van der Waals surface area (Å²) in [5.41, 5.74) is 1.76. The van der Waals surface area contributed by atoms with Gasteiger partial charge in [0.05, 0.1) is 7.11 Å². The summed E-state index contributed by atoms with van der Waals surface area (Å²) >= 11 is 0. The van der Waals surface area contributed by atoms with E-state index in [1.807, 2.05) is 36.1 Å². The average Bonchev–Trinajstić information content (AvgIpc) is 2.40. The van der Waals surface area contributed by atoms with Gasteiger partial charge in [0.25, 0.3) is 0 Å². The molecule has 102 valence electrons. The molecule has 0 aromatic heterocycles. The highest BCUT2D eigenvalue weighted by Gasteiger charge is 2.29. The molecule has 1 atom stereocenters. The Morgan fingerprint density at radius 3 is 2.79 bits per heavy atom. The molecule has 0 amide bonds. The first-order valence-electron chi connectivity index (χ1n) is 6.40. The summed E-state index contributed by atoms with van der Waals surface area (Å²) in [6.07, 6.45) is 4.99. The lowest BCUT2D eigenvalue weighted by Gasteiger charge is -2.30. The lowest BCUT2D eigenvalue weighted by atomic mass is 10.0. The Hall–Kier alpha value is -1.81. The molecule has 1 aliphatic rings. The van der Waals surface area contributed by atoms with Gasteiger partial charge in [-0.25, -0.2) is 0 Å². The van der Waals surface area contributed by atoms with Crippen LogP contribution in [-0.4, -0.2) is 36.2 Å². The van der Waals surface area contributed by atoms with Crippen LogP contribution in [0.3, 0.4) is 0 Å². The molecule has 1 N–H and O–H groups in total. The lowest BCUT2D eigenvalue weighted by Crippen LogP contribution is -2.36. The summed E-state index contributed by atoms with van der Waals surface area (Å²) in [4.78, 5) is 13.6. The lowest BCUT2D eigenvalue weighted by molar-refractivity contribution is -0.143. The quantitative estimate of drug-likeness (QED) is 0.845. The number of aliphatic carboxylic acids is 1. The van der Waals surface area contributed by atoms with Crippen LogP contribution < -0.4 is 4.74 Å². The molecule has 1 aromatic carbocycles. The molecule has 0 saturated heterocycles. The van der Waals surface area contributed by atoms with Crippen LogP contribution in [-0.2, 0) is 4.79 Å². The van der Waals surface area contributed by atoms with Gasteiger partial charge in [0.1, 0.15) is 11.8 Å². The van der Waals surface area contributed by atoms with Crippen molar-refractivity contribution in [1.29, 1.82) is 0 Å². The van der Waals surface area contributed by atoms with E-state index in [9.17, 15) is 9.90 Å². The number of nitrogens with zero attached hydrogens (tertiary/aromatic N) is 1. The Bertz CT molecular complexity index is 496. The molecule has 0 bridgehead atoms. The molecular formula is C15H19NO3. The third-order valence-electron chi connectivity index (χ3n) is 3.37. The molecule has 4 nitrogen and oxygen atoms in total. The Kier molecular flexibility index (Phi) is 4.22. The van der Waals surface area contributed by atoms with Crippen LogP contribution in [0, 0.1) is 6.92 Å². The van der Waals surface area contributed by atoms with Crippen LogP contribution in [0.2, 0.25) is 0 Å². The normalized spacial score (nSPS) is 17.2. The number of carboxylic acids is 1. The van der Waals surface area contributed by atoms with E-state index in [-0.39, 0.29) is 0 Å². The zero-order valence-electron chi connectivity index (χ0n) is 11.3. The summed E-state index contributed by atoms with van der Waals surface area (Å²) in [5.74, 6) is -0.202. The number of aryl methyl sites for hydroxylation is 1. The smallest absolute Gasteiger partial charge is 0.325 e. The second-order valence-corrected chi connectivity index (χ2v) is 4.74. The molecule has 0 saturated carbocycles. The number of hydrogen-bond acceptors (Lipinski definition) is 3. The minimum atomic E-state index is -0.834. The highest BCUT2D eigenvalue weighted by atomic mass is 16.5. The van der Waals surface area contributed by atoms with Gasteiger partial charge < -0.3 is 9.84 Å². The molecule has 0 spiro atoms. The SMILES string of the molecule is COc1ccc(C)cc1[C@H](C(=O)O)N1CC=CCC1. The van der Waals surface area contributed by atoms with Gasteiger partial charge >= 0.3 is 5.97 Å². The third kappa shape index (κ3) is 2.96. The predicted octanol–water partition coefficient (Wildman–Crippen LogP) is 2.39. The second-order valence-electron chi connectivity index (χ2n) is 4.74. The fourth-order valence-electron chi connectivity index (χ4n) is 2.45. The Balaban J connectivity index is 2.41. The average molecular weight is 261 g/mol. The number of rotatable bonds is 4.